The van der Waals surface area contributed by atoms with E-state index in [4.69, 9.17) is 19.5 Å². The minimum Gasteiger partial charge on any atom is -0.493 e. The van der Waals surface area contributed by atoms with Gasteiger partial charge in [0.25, 0.3) is 0 Å². The van der Waals surface area contributed by atoms with E-state index in [9.17, 15) is 0 Å². The van der Waals surface area contributed by atoms with E-state index in [2.05, 4.69) is 48.1 Å². The van der Waals surface area contributed by atoms with Gasteiger partial charge in [-0.25, -0.2) is 9.98 Å². The van der Waals surface area contributed by atoms with Gasteiger partial charge in [-0.2, -0.15) is 0 Å². The van der Waals surface area contributed by atoms with E-state index in [1.807, 2.05) is 12.4 Å². The highest BCUT2D eigenvalue weighted by molar-refractivity contribution is 5.85. The summed E-state index contributed by atoms with van der Waals surface area (Å²) < 4.78 is 11.8. The summed E-state index contributed by atoms with van der Waals surface area (Å²) in [5, 5.41) is 3.56. The first-order chi connectivity index (χ1) is 15.1. The van der Waals surface area contributed by atoms with Crippen molar-refractivity contribution in [2.24, 2.45) is 4.99 Å². The van der Waals surface area contributed by atoms with Crippen LogP contribution in [-0.2, 0) is 12.1 Å². The monoisotopic (exact) mass is 461 g/mol. The Bertz CT molecular complexity index is 925. The lowest BCUT2D eigenvalue weighted by atomic mass is 10.0. The Hall–Kier alpha value is -2.25. The number of nitrogens with zero attached hydrogens (tertiary/aromatic N) is 3. The Labute approximate surface area is 197 Å². The van der Waals surface area contributed by atoms with Crippen molar-refractivity contribution >= 4 is 24.6 Å². The number of rotatable bonds is 9. The van der Waals surface area contributed by atoms with Gasteiger partial charge in [0.15, 0.2) is 23.0 Å². The summed E-state index contributed by atoms with van der Waals surface area (Å²) in [4.78, 5) is 15.5. The summed E-state index contributed by atoms with van der Waals surface area (Å²) in [6.45, 7) is 8.05. The fourth-order valence-electron chi connectivity index (χ4n) is 4.63. The molecule has 1 saturated carbocycles. The minimum atomic E-state index is -0.447. The third kappa shape index (κ3) is 4.74. The van der Waals surface area contributed by atoms with Crippen LogP contribution >= 0.6 is 12.4 Å². The van der Waals surface area contributed by atoms with Gasteiger partial charge in [-0.05, 0) is 63.3 Å². The van der Waals surface area contributed by atoms with Gasteiger partial charge >= 0.3 is 0 Å². The number of aromatic nitrogens is 2. The van der Waals surface area contributed by atoms with Gasteiger partial charge in [-0.1, -0.05) is 19.9 Å². The number of ether oxygens (including phenoxy) is 2. The quantitative estimate of drug-likeness (QED) is 0.561. The summed E-state index contributed by atoms with van der Waals surface area (Å²) in [6, 6.07) is 6.19. The van der Waals surface area contributed by atoms with Crippen molar-refractivity contribution in [3.8, 4) is 11.5 Å². The third-order valence-corrected chi connectivity index (χ3v) is 6.35. The second kappa shape index (κ2) is 10.6. The number of anilines is 1. The lowest BCUT2D eigenvalue weighted by molar-refractivity contribution is 0.200. The largest absolute Gasteiger partial charge is 0.493 e. The van der Waals surface area contributed by atoms with E-state index in [1.54, 1.807) is 7.11 Å². The van der Waals surface area contributed by atoms with Crippen LogP contribution in [-0.4, -0.2) is 42.6 Å². The maximum atomic E-state index is 6.28. The number of nitrogens with one attached hydrogen (secondary N) is 2. The van der Waals surface area contributed by atoms with Crippen molar-refractivity contribution in [2.45, 2.75) is 71.1 Å². The number of hydrogen-bond donors (Lipinski definition) is 2. The van der Waals surface area contributed by atoms with Gasteiger partial charge < -0.3 is 19.4 Å². The van der Waals surface area contributed by atoms with E-state index in [1.165, 1.54) is 12.8 Å². The molecule has 2 aromatic rings. The highest BCUT2D eigenvalue weighted by Crippen LogP contribution is 2.37. The molecule has 1 aliphatic carbocycles. The zero-order chi connectivity index (χ0) is 21.8. The van der Waals surface area contributed by atoms with Gasteiger partial charge in [0.05, 0.1) is 19.6 Å². The topological polar surface area (TPSA) is 74.8 Å². The first kappa shape index (κ1) is 24.4. The summed E-state index contributed by atoms with van der Waals surface area (Å²) in [5.74, 6) is 3.52. The summed E-state index contributed by atoms with van der Waals surface area (Å²) in [7, 11) is 1.70. The number of imidazole rings is 1. The lowest BCUT2D eigenvalue weighted by Gasteiger charge is -2.35. The van der Waals surface area contributed by atoms with Gasteiger partial charge in [0.1, 0.15) is 11.5 Å². The van der Waals surface area contributed by atoms with Gasteiger partial charge in [0, 0.05) is 13.0 Å². The molecule has 32 heavy (non-hydrogen) atoms. The average Bonchev–Trinajstić information content (AvgIpc) is 3.44. The van der Waals surface area contributed by atoms with Crippen LogP contribution < -0.4 is 19.7 Å². The van der Waals surface area contributed by atoms with E-state index in [-0.39, 0.29) is 12.4 Å². The molecule has 1 fully saturated rings. The molecule has 0 radical (unpaired) electrons. The Morgan fingerprint density at radius 3 is 2.62 bits per heavy atom. The standard InChI is InChI=1S/C24H35N5O2.ClH/c1-5-24(25-6-2)22-23(29(7-3)16-26-24)28-21(27-22)15-17-12-13-19(30-4)20(14-17)31-18-10-8-9-11-18;/h12-14,16,18,25H,5-11,15H2,1-4H3,(H,27,28);1H. The summed E-state index contributed by atoms with van der Waals surface area (Å²) in [6.07, 6.45) is 8.48. The molecule has 0 spiro atoms. The Morgan fingerprint density at radius 2 is 1.97 bits per heavy atom. The first-order valence-electron chi connectivity index (χ1n) is 11.6. The fourth-order valence-corrected chi connectivity index (χ4v) is 4.63. The second-order valence-corrected chi connectivity index (χ2v) is 8.34. The number of H-pyrrole nitrogens is 1. The average molecular weight is 462 g/mol. The van der Waals surface area contributed by atoms with Crippen molar-refractivity contribution in [3.05, 3.63) is 35.3 Å². The third-order valence-electron chi connectivity index (χ3n) is 6.35. The SMILES string of the molecule is CCNC1(CC)N=CN(CC)c2nc(Cc3ccc(OC)c(OC4CCCC4)c3)[nH]c21.Cl. The molecule has 1 unspecified atom stereocenters. The van der Waals surface area contributed by atoms with Crippen LogP contribution in [0.25, 0.3) is 0 Å². The van der Waals surface area contributed by atoms with Gasteiger partial charge in [0.2, 0.25) is 0 Å². The number of fused-ring (bicyclic) bond motifs is 1. The van der Waals surface area contributed by atoms with E-state index in [0.717, 1.165) is 66.8 Å². The van der Waals surface area contributed by atoms with Crippen molar-refractivity contribution in [2.75, 3.05) is 25.1 Å². The van der Waals surface area contributed by atoms with Gasteiger partial charge in [-0.15, -0.1) is 12.4 Å². The predicted molar refractivity (Wildman–Crippen MR) is 132 cm³/mol. The molecule has 2 aliphatic rings. The number of halogens is 1. The summed E-state index contributed by atoms with van der Waals surface area (Å²) >= 11 is 0. The van der Waals surface area contributed by atoms with Crippen molar-refractivity contribution < 1.29 is 9.47 Å². The smallest absolute Gasteiger partial charge is 0.161 e. The normalized spacial score (nSPS) is 20.2. The van der Waals surface area contributed by atoms with Crippen LogP contribution in [0, 0.1) is 0 Å². The molecule has 1 aromatic carbocycles. The number of aliphatic imine (C=N–C) groups is 1. The van der Waals surface area contributed by atoms with E-state index in [0.29, 0.717) is 12.5 Å². The molecule has 0 bridgehead atoms. The lowest BCUT2D eigenvalue weighted by Crippen LogP contribution is -2.45. The molecule has 1 atom stereocenters. The Morgan fingerprint density at radius 1 is 1.19 bits per heavy atom. The molecule has 7 nitrogen and oxygen atoms in total. The zero-order valence-electron chi connectivity index (χ0n) is 19.6. The molecule has 2 N–H and O–H groups in total. The van der Waals surface area contributed by atoms with Gasteiger partial charge in [-0.3, -0.25) is 5.32 Å². The predicted octanol–water partition coefficient (Wildman–Crippen LogP) is 4.79. The number of aromatic amines is 1. The van der Waals surface area contributed by atoms with Crippen LogP contribution in [0.2, 0.25) is 0 Å². The maximum Gasteiger partial charge on any atom is 0.161 e. The molecule has 8 heteroatoms. The highest BCUT2D eigenvalue weighted by atomic mass is 35.5. The highest BCUT2D eigenvalue weighted by Gasteiger charge is 2.38. The molecule has 0 amide bonds. The maximum absolute atomic E-state index is 6.28. The molecule has 2 heterocycles. The Kier molecular flexibility index (Phi) is 8.06. The number of hydrogen-bond acceptors (Lipinski definition) is 6. The Balaban J connectivity index is 0.00000289. The van der Waals surface area contributed by atoms with Crippen LogP contribution in [0.4, 0.5) is 5.82 Å². The van der Waals surface area contributed by atoms with Crippen LogP contribution in [0.1, 0.15) is 70.0 Å². The number of benzene rings is 1. The molecular weight excluding hydrogens is 426 g/mol. The second-order valence-electron chi connectivity index (χ2n) is 8.34. The first-order valence-corrected chi connectivity index (χ1v) is 11.6. The van der Waals surface area contributed by atoms with Crippen molar-refractivity contribution in [1.82, 2.24) is 15.3 Å². The molecule has 1 aromatic heterocycles. The fraction of sp³-hybridized carbons (Fsp3) is 0.583. The molecule has 176 valence electrons. The van der Waals surface area contributed by atoms with E-state index >= 15 is 0 Å². The molecule has 0 saturated heterocycles. The molecule has 4 rings (SSSR count). The molecular formula is C24H36ClN5O2. The van der Waals surface area contributed by atoms with E-state index < -0.39 is 5.66 Å². The minimum absolute atomic E-state index is 0. The summed E-state index contributed by atoms with van der Waals surface area (Å²) in [5.41, 5.74) is 1.75. The van der Waals surface area contributed by atoms with Crippen LogP contribution in [0.3, 0.4) is 0 Å². The van der Waals surface area contributed by atoms with Crippen LogP contribution in [0.5, 0.6) is 11.5 Å². The zero-order valence-corrected chi connectivity index (χ0v) is 20.4. The van der Waals surface area contributed by atoms with Crippen molar-refractivity contribution in [1.29, 1.82) is 0 Å². The number of methoxy groups -OCH3 is 1. The van der Waals surface area contributed by atoms with Crippen molar-refractivity contribution in [3.63, 3.8) is 0 Å². The molecule has 1 aliphatic heterocycles. The van der Waals surface area contributed by atoms with Crippen LogP contribution in [0.15, 0.2) is 23.2 Å².